The molecule has 0 saturated carbocycles. The number of ether oxygens (including phenoxy) is 1. The van der Waals surface area contributed by atoms with Crippen LogP contribution in [0, 0.1) is 0 Å². The lowest BCUT2D eigenvalue weighted by atomic mass is 9.91. The first-order chi connectivity index (χ1) is 9.31. The van der Waals surface area contributed by atoms with E-state index in [1.807, 2.05) is 29.2 Å². The Morgan fingerprint density at radius 1 is 1.37 bits per heavy atom. The lowest BCUT2D eigenvalue weighted by Gasteiger charge is -2.31. The zero-order valence-corrected chi connectivity index (χ0v) is 11.6. The van der Waals surface area contributed by atoms with Gasteiger partial charge in [0.25, 0.3) is 0 Å². The monoisotopic (exact) mass is 279 g/mol. The zero-order valence-electron chi connectivity index (χ0n) is 10.8. The topological polar surface area (TPSA) is 29.5 Å². The number of alkyl halides is 1. The smallest absolute Gasteiger partial charge is 0.230 e. The summed E-state index contributed by atoms with van der Waals surface area (Å²) in [6, 6.07) is 8.07. The summed E-state index contributed by atoms with van der Waals surface area (Å²) in [5.41, 5.74) is 1.03. The van der Waals surface area contributed by atoms with Crippen LogP contribution < -0.4 is 4.74 Å². The first-order valence-electron chi connectivity index (χ1n) is 6.89. The number of nitrogens with zero attached hydrogens (tertiary/aromatic N) is 1. The standard InChI is InChI=1S/C15H18ClNO2/c16-10-11-4-3-8-17(11)15(18)13-7-9-19-14-6-2-1-5-12(13)14/h1-2,5-6,11,13H,3-4,7-10H2. The van der Waals surface area contributed by atoms with Crippen molar-refractivity contribution in [1.82, 2.24) is 4.90 Å². The van der Waals surface area contributed by atoms with E-state index < -0.39 is 0 Å². The summed E-state index contributed by atoms with van der Waals surface area (Å²) < 4.78 is 5.62. The van der Waals surface area contributed by atoms with Gasteiger partial charge in [0.2, 0.25) is 5.91 Å². The molecule has 1 saturated heterocycles. The molecule has 0 N–H and O–H groups in total. The van der Waals surface area contributed by atoms with Gasteiger partial charge in [0.05, 0.1) is 12.5 Å². The maximum atomic E-state index is 12.7. The molecule has 1 aromatic rings. The molecule has 1 fully saturated rings. The Kier molecular flexibility index (Phi) is 3.65. The second kappa shape index (κ2) is 5.41. The normalized spacial score (nSPS) is 25.8. The van der Waals surface area contributed by atoms with Crippen LogP contribution in [-0.4, -0.2) is 35.9 Å². The minimum atomic E-state index is -0.0613. The molecule has 2 unspecified atom stereocenters. The van der Waals surface area contributed by atoms with Crippen LogP contribution in [0.2, 0.25) is 0 Å². The van der Waals surface area contributed by atoms with E-state index in [1.54, 1.807) is 0 Å². The summed E-state index contributed by atoms with van der Waals surface area (Å²) in [5, 5.41) is 0. The fraction of sp³-hybridized carbons (Fsp3) is 0.533. The van der Waals surface area contributed by atoms with E-state index in [0.717, 1.165) is 37.1 Å². The highest BCUT2D eigenvalue weighted by molar-refractivity contribution is 6.18. The number of hydrogen-bond donors (Lipinski definition) is 0. The Labute approximate surface area is 118 Å². The SMILES string of the molecule is O=C(C1CCOc2ccccc21)N1CCCC1CCl. The highest BCUT2D eigenvalue weighted by Crippen LogP contribution is 2.36. The Bertz CT molecular complexity index is 477. The maximum Gasteiger partial charge on any atom is 0.230 e. The van der Waals surface area contributed by atoms with E-state index >= 15 is 0 Å². The molecule has 3 rings (SSSR count). The van der Waals surface area contributed by atoms with Crippen LogP contribution in [0.3, 0.4) is 0 Å². The molecule has 1 aromatic carbocycles. The van der Waals surface area contributed by atoms with Crippen molar-refractivity contribution in [2.75, 3.05) is 19.0 Å². The average Bonchev–Trinajstić information content (AvgIpc) is 2.94. The van der Waals surface area contributed by atoms with Gasteiger partial charge in [-0.3, -0.25) is 4.79 Å². The number of benzene rings is 1. The van der Waals surface area contributed by atoms with Gasteiger partial charge >= 0.3 is 0 Å². The third-order valence-electron chi connectivity index (χ3n) is 4.09. The second-order valence-corrected chi connectivity index (χ2v) is 5.52. The van der Waals surface area contributed by atoms with Crippen LogP contribution in [-0.2, 0) is 4.79 Å². The average molecular weight is 280 g/mol. The zero-order chi connectivity index (χ0) is 13.2. The number of carbonyl (C=O) groups excluding carboxylic acids is 1. The summed E-state index contributed by atoms with van der Waals surface area (Å²) in [4.78, 5) is 14.7. The number of halogens is 1. The largest absolute Gasteiger partial charge is 0.493 e. The van der Waals surface area contributed by atoms with Crippen molar-refractivity contribution in [3.05, 3.63) is 29.8 Å². The van der Waals surface area contributed by atoms with Crippen molar-refractivity contribution in [1.29, 1.82) is 0 Å². The number of likely N-dealkylation sites (tertiary alicyclic amines) is 1. The number of rotatable bonds is 2. The molecule has 2 atom stereocenters. The molecule has 2 heterocycles. The van der Waals surface area contributed by atoms with Gasteiger partial charge in [-0.05, 0) is 25.3 Å². The van der Waals surface area contributed by atoms with Crippen LogP contribution in [0.1, 0.15) is 30.7 Å². The van der Waals surface area contributed by atoms with Crippen molar-refractivity contribution in [2.45, 2.75) is 31.2 Å². The molecule has 1 amide bonds. The van der Waals surface area contributed by atoms with E-state index in [9.17, 15) is 4.79 Å². The number of hydrogen-bond acceptors (Lipinski definition) is 2. The van der Waals surface area contributed by atoms with E-state index in [1.165, 1.54) is 0 Å². The Morgan fingerprint density at radius 2 is 2.21 bits per heavy atom. The molecule has 0 radical (unpaired) electrons. The summed E-state index contributed by atoms with van der Waals surface area (Å²) in [7, 11) is 0. The Morgan fingerprint density at radius 3 is 3.05 bits per heavy atom. The van der Waals surface area contributed by atoms with Crippen molar-refractivity contribution < 1.29 is 9.53 Å². The van der Waals surface area contributed by atoms with Crippen LogP contribution in [0.4, 0.5) is 0 Å². The molecular formula is C15H18ClNO2. The third-order valence-corrected chi connectivity index (χ3v) is 4.45. The van der Waals surface area contributed by atoms with Crippen LogP contribution in [0.25, 0.3) is 0 Å². The summed E-state index contributed by atoms with van der Waals surface area (Å²) in [6.45, 7) is 1.46. The number of fused-ring (bicyclic) bond motifs is 1. The van der Waals surface area contributed by atoms with Crippen molar-refractivity contribution in [2.24, 2.45) is 0 Å². The van der Waals surface area contributed by atoms with E-state index in [-0.39, 0.29) is 17.9 Å². The number of amides is 1. The summed E-state index contributed by atoms with van der Waals surface area (Å²) in [6.07, 6.45) is 2.86. The molecular weight excluding hydrogens is 262 g/mol. The fourth-order valence-electron chi connectivity index (χ4n) is 3.09. The molecule has 0 bridgehead atoms. The Balaban J connectivity index is 1.85. The molecule has 0 aromatic heterocycles. The van der Waals surface area contributed by atoms with Gasteiger partial charge < -0.3 is 9.64 Å². The van der Waals surface area contributed by atoms with Gasteiger partial charge in [-0.15, -0.1) is 11.6 Å². The minimum absolute atomic E-state index is 0.0613. The van der Waals surface area contributed by atoms with Gasteiger partial charge in [-0.1, -0.05) is 18.2 Å². The van der Waals surface area contributed by atoms with Crippen molar-refractivity contribution in [3.8, 4) is 5.75 Å². The quantitative estimate of drug-likeness (QED) is 0.779. The second-order valence-electron chi connectivity index (χ2n) is 5.21. The molecule has 2 aliphatic rings. The molecule has 19 heavy (non-hydrogen) atoms. The van der Waals surface area contributed by atoms with Crippen molar-refractivity contribution >= 4 is 17.5 Å². The highest BCUT2D eigenvalue weighted by Gasteiger charge is 2.35. The molecule has 4 heteroatoms. The van der Waals surface area contributed by atoms with E-state index in [4.69, 9.17) is 16.3 Å². The van der Waals surface area contributed by atoms with Crippen LogP contribution >= 0.6 is 11.6 Å². The maximum absolute atomic E-state index is 12.7. The predicted molar refractivity (Wildman–Crippen MR) is 74.8 cm³/mol. The van der Waals surface area contributed by atoms with Crippen molar-refractivity contribution in [3.63, 3.8) is 0 Å². The van der Waals surface area contributed by atoms with Gasteiger partial charge in [-0.2, -0.15) is 0 Å². The molecule has 3 nitrogen and oxygen atoms in total. The summed E-state index contributed by atoms with van der Waals surface area (Å²) >= 11 is 5.97. The predicted octanol–water partition coefficient (Wildman–Crippen LogP) is 2.78. The first kappa shape index (κ1) is 12.8. The Hall–Kier alpha value is -1.22. The highest BCUT2D eigenvalue weighted by atomic mass is 35.5. The summed E-state index contributed by atoms with van der Waals surface area (Å²) in [5.74, 6) is 1.55. The third kappa shape index (κ3) is 2.32. The molecule has 102 valence electrons. The van der Waals surface area contributed by atoms with Crippen LogP contribution in [0.5, 0.6) is 5.75 Å². The van der Waals surface area contributed by atoms with Gasteiger partial charge in [0.1, 0.15) is 5.75 Å². The number of para-hydroxylation sites is 1. The van der Waals surface area contributed by atoms with Crippen LogP contribution in [0.15, 0.2) is 24.3 Å². The van der Waals surface area contributed by atoms with Gasteiger partial charge in [0, 0.05) is 24.0 Å². The molecule has 0 spiro atoms. The number of carbonyl (C=O) groups is 1. The fourth-order valence-corrected chi connectivity index (χ4v) is 3.41. The lowest BCUT2D eigenvalue weighted by molar-refractivity contribution is -0.134. The van der Waals surface area contributed by atoms with Gasteiger partial charge in [0.15, 0.2) is 0 Å². The molecule has 0 aliphatic carbocycles. The molecule has 2 aliphatic heterocycles. The van der Waals surface area contributed by atoms with E-state index in [2.05, 4.69) is 0 Å². The van der Waals surface area contributed by atoms with Gasteiger partial charge in [-0.25, -0.2) is 0 Å². The minimum Gasteiger partial charge on any atom is -0.493 e. The van der Waals surface area contributed by atoms with E-state index in [0.29, 0.717) is 12.5 Å². The first-order valence-corrected chi connectivity index (χ1v) is 7.43. The lowest BCUT2D eigenvalue weighted by Crippen LogP contribution is -2.40.